The molecular formula is C18H19Cl2NO3. The molecule has 0 unspecified atom stereocenters. The minimum absolute atomic E-state index is 0.0101. The Morgan fingerprint density at radius 1 is 1.21 bits per heavy atom. The van der Waals surface area contributed by atoms with Crippen LogP contribution in [-0.4, -0.2) is 29.6 Å². The molecule has 6 heteroatoms. The quantitative estimate of drug-likeness (QED) is 0.732. The van der Waals surface area contributed by atoms with Gasteiger partial charge in [-0.1, -0.05) is 41.4 Å². The van der Waals surface area contributed by atoms with E-state index in [1.165, 1.54) is 0 Å². The molecule has 1 amide bonds. The lowest BCUT2D eigenvalue weighted by Gasteiger charge is -2.18. The number of carbonyl (C=O) groups is 1. The number of hydrogen-bond donors (Lipinski definition) is 1. The van der Waals surface area contributed by atoms with Crippen LogP contribution in [0.3, 0.4) is 0 Å². The smallest absolute Gasteiger partial charge is 0.222 e. The largest absolute Gasteiger partial charge is 0.508 e. The Balaban J connectivity index is 1.75. The molecule has 0 heterocycles. The number of ether oxygens (including phenoxy) is 1. The van der Waals surface area contributed by atoms with Crippen LogP contribution in [0.2, 0.25) is 10.0 Å². The zero-order valence-corrected chi connectivity index (χ0v) is 14.8. The highest BCUT2D eigenvalue weighted by Gasteiger charge is 2.11. The fraction of sp³-hybridized carbons (Fsp3) is 0.278. The van der Waals surface area contributed by atoms with Crippen LogP contribution in [0, 0.1) is 0 Å². The number of amides is 1. The van der Waals surface area contributed by atoms with Crippen LogP contribution in [0.5, 0.6) is 11.5 Å². The van der Waals surface area contributed by atoms with Crippen LogP contribution < -0.4 is 4.74 Å². The summed E-state index contributed by atoms with van der Waals surface area (Å²) in [5, 5.41) is 10.7. The first kappa shape index (κ1) is 18.4. The van der Waals surface area contributed by atoms with Gasteiger partial charge >= 0.3 is 0 Å². The number of nitrogens with zero attached hydrogens (tertiary/aromatic N) is 1. The second-order valence-electron chi connectivity index (χ2n) is 5.41. The second kappa shape index (κ2) is 8.81. The van der Waals surface area contributed by atoms with Gasteiger partial charge in [0, 0.05) is 30.6 Å². The topological polar surface area (TPSA) is 49.8 Å². The zero-order valence-electron chi connectivity index (χ0n) is 13.3. The van der Waals surface area contributed by atoms with E-state index in [1.54, 1.807) is 48.3 Å². The molecule has 2 aromatic rings. The summed E-state index contributed by atoms with van der Waals surface area (Å²) in [6.07, 6.45) is 0.929. The van der Waals surface area contributed by atoms with Gasteiger partial charge in [0.2, 0.25) is 5.91 Å². The zero-order chi connectivity index (χ0) is 17.5. The minimum atomic E-state index is -0.0101. The molecule has 0 saturated carbocycles. The molecule has 1 N–H and O–H groups in total. The van der Waals surface area contributed by atoms with Gasteiger partial charge in [0.1, 0.15) is 11.5 Å². The van der Waals surface area contributed by atoms with Crippen molar-refractivity contribution in [2.75, 3.05) is 13.7 Å². The van der Waals surface area contributed by atoms with Crippen molar-refractivity contribution in [2.24, 2.45) is 0 Å². The molecule has 0 radical (unpaired) electrons. The van der Waals surface area contributed by atoms with Crippen LogP contribution >= 0.6 is 23.2 Å². The lowest BCUT2D eigenvalue weighted by Crippen LogP contribution is -2.26. The fourth-order valence-electron chi connectivity index (χ4n) is 2.18. The SMILES string of the molecule is CN(Cc1ccccc1O)C(=O)CCCOc1ccc(Cl)cc1Cl. The molecule has 0 aliphatic carbocycles. The van der Waals surface area contributed by atoms with Gasteiger partial charge in [-0.2, -0.15) is 0 Å². The number of hydrogen-bond acceptors (Lipinski definition) is 3. The van der Waals surface area contributed by atoms with E-state index in [0.29, 0.717) is 41.8 Å². The van der Waals surface area contributed by atoms with Crippen LogP contribution in [0.15, 0.2) is 42.5 Å². The number of benzene rings is 2. The summed E-state index contributed by atoms with van der Waals surface area (Å²) < 4.78 is 5.56. The van der Waals surface area contributed by atoms with Crippen LogP contribution in [0.25, 0.3) is 0 Å². The lowest BCUT2D eigenvalue weighted by atomic mass is 10.2. The maximum absolute atomic E-state index is 12.1. The van der Waals surface area contributed by atoms with E-state index >= 15 is 0 Å². The molecule has 0 atom stereocenters. The standard InChI is InChI=1S/C18H19Cl2NO3/c1-21(12-13-5-2-3-6-16(13)22)18(23)7-4-10-24-17-9-8-14(19)11-15(17)20/h2-3,5-6,8-9,11,22H,4,7,10,12H2,1H3. The summed E-state index contributed by atoms with van der Waals surface area (Å²) in [5.41, 5.74) is 0.720. The Hall–Kier alpha value is -1.91. The molecule has 0 aliphatic heterocycles. The van der Waals surface area contributed by atoms with E-state index in [9.17, 15) is 9.90 Å². The molecular weight excluding hydrogens is 349 g/mol. The monoisotopic (exact) mass is 367 g/mol. The third kappa shape index (κ3) is 5.32. The molecule has 0 fully saturated rings. The van der Waals surface area contributed by atoms with Gasteiger partial charge in [0.05, 0.1) is 11.6 Å². The van der Waals surface area contributed by atoms with Gasteiger partial charge in [0.25, 0.3) is 0 Å². The normalized spacial score (nSPS) is 10.5. The van der Waals surface area contributed by atoms with Crippen molar-refractivity contribution in [3.63, 3.8) is 0 Å². The minimum Gasteiger partial charge on any atom is -0.508 e. The summed E-state index contributed by atoms with van der Waals surface area (Å²) in [4.78, 5) is 13.7. The third-order valence-electron chi connectivity index (χ3n) is 3.51. The number of phenolic OH excluding ortho intramolecular Hbond substituents is 1. The van der Waals surface area contributed by atoms with E-state index in [2.05, 4.69) is 0 Å². The molecule has 0 aliphatic rings. The van der Waals surface area contributed by atoms with E-state index in [4.69, 9.17) is 27.9 Å². The number of phenols is 1. The summed E-state index contributed by atoms with van der Waals surface area (Å²) >= 11 is 11.8. The number of rotatable bonds is 7. The Morgan fingerprint density at radius 3 is 2.67 bits per heavy atom. The van der Waals surface area contributed by atoms with Crippen LogP contribution in [0.1, 0.15) is 18.4 Å². The molecule has 0 spiro atoms. The van der Waals surface area contributed by atoms with Crippen molar-refractivity contribution < 1.29 is 14.6 Å². The lowest BCUT2D eigenvalue weighted by molar-refractivity contribution is -0.130. The number of aromatic hydroxyl groups is 1. The van der Waals surface area contributed by atoms with Gasteiger partial charge in [-0.15, -0.1) is 0 Å². The van der Waals surface area contributed by atoms with Gasteiger partial charge in [-0.05, 0) is 30.7 Å². The fourth-order valence-corrected chi connectivity index (χ4v) is 2.64. The average molecular weight is 368 g/mol. The maximum Gasteiger partial charge on any atom is 0.222 e. The van der Waals surface area contributed by atoms with E-state index in [-0.39, 0.29) is 11.7 Å². The summed E-state index contributed by atoms with van der Waals surface area (Å²) in [6.45, 7) is 0.757. The van der Waals surface area contributed by atoms with E-state index < -0.39 is 0 Å². The molecule has 0 saturated heterocycles. The Kier molecular flexibility index (Phi) is 6.76. The van der Waals surface area contributed by atoms with Gasteiger partial charge in [0.15, 0.2) is 0 Å². The molecule has 2 rings (SSSR count). The first-order chi connectivity index (χ1) is 11.5. The van der Waals surface area contributed by atoms with Gasteiger partial charge in [-0.25, -0.2) is 0 Å². The second-order valence-corrected chi connectivity index (χ2v) is 6.25. The first-order valence-electron chi connectivity index (χ1n) is 7.56. The van der Waals surface area contributed by atoms with Crippen molar-refractivity contribution in [3.8, 4) is 11.5 Å². The average Bonchev–Trinajstić information content (AvgIpc) is 2.55. The summed E-state index contributed by atoms with van der Waals surface area (Å²) in [6, 6.07) is 12.0. The summed E-state index contributed by atoms with van der Waals surface area (Å²) in [7, 11) is 1.71. The molecule has 2 aromatic carbocycles. The van der Waals surface area contributed by atoms with Crippen molar-refractivity contribution >= 4 is 29.1 Å². The first-order valence-corrected chi connectivity index (χ1v) is 8.31. The molecule has 0 bridgehead atoms. The summed E-state index contributed by atoms with van der Waals surface area (Å²) in [5.74, 6) is 0.734. The molecule has 128 valence electrons. The molecule has 4 nitrogen and oxygen atoms in total. The van der Waals surface area contributed by atoms with Crippen molar-refractivity contribution in [1.29, 1.82) is 0 Å². The Morgan fingerprint density at radius 2 is 1.96 bits per heavy atom. The highest BCUT2D eigenvalue weighted by Crippen LogP contribution is 2.27. The number of carbonyl (C=O) groups excluding carboxylic acids is 1. The number of halogens is 2. The van der Waals surface area contributed by atoms with E-state index in [1.807, 2.05) is 6.07 Å². The number of para-hydroxylation sites is 1. The predicted octanol–water partition coefficient (Wildman–Crippen LogP) is 4.52. The van der Waals surface area contributed by atoms with Crippen molar-refractivity contribution in [3.05, 3.63) is 58.1 Å². The Bertz CT molecular complexity index is 706. The van der Waals surface area contributed by atoms with Crippen LogP contribution in [0.4, 0.5) is 0 Å². The van der Waals surface area contributed by atoms with Crippen molar-refractivity contribution in [1.82, 2.24) is 4.90 Å². The van der Waals surface area contributed by atoms with E-state index in [0.717, 1.165) is 5.56 Å². The highest BCUT2D eigenvalue weighted by atomic mass is 35.5. The van der Waals surface area contributed by atoms with Crippen LogP contribution in [-0.2, 0) is 11.3 Å². The molecule has 24 heavy (non-hydrogen) atoms. The predicted molar refractivity (Wildman–Crippen MR) is 95.8 cm³/mol. The Labute approximate surface area is 151 Å². The maximum atomic E-state index is 12.1. The van der Waals surface area contributed by atoms with Gasteiger partial charge in [-0.3, -0.25) is 4.79 Å². The third-order valence-corrected chi connectivity index (χ3v) is 4.04. The van der Waals surface area contributed by atoms with Gasteiger partial charge < -0.3 is 14.7 Å². The van der Waals surface area contributed by atoms with Crippen molar-refractivity contribution in [2.45, 2.75) is 19.4 Å². The highest BCUT2D eigenvalue weighted by molar-refractivity contribution is 6.35. The molecule has 0 aromatic heterocycles.